The van der Waals surface area contributed by atoms with Crippen molar-refractivity contribution in [3.63, 3.8) is 0 Å². The maximum absolute atomic E-state index is 12.1. The Kier molecular flexibility index (Phi) is 5.69. The van der Waals surface area contributed by atoms with E-state index >= 15 is 0 Å². The van der Waals surface area contributed by atoms with Crippen molar-refractivity contribution in [2.45, 2.75) is 19.9 Å². The SMILES string of the molecule is Cc1nc(-c2ccc(-c3noc(CNC(=O)Cc4ccc(Cl)cc4)n3)cc2)cs1. The van der Waals surface area contributed by atoms with Crippen molar-refractivity contribution in [1.82, 2.24) is 20.4 Å². The van der Waals surface area contributed by atoms with Gasteiger partial charge in [-0.3, -0.25) is 4.79 Å². The zero-order valence-electron chi connectivity index (χ0n) is 15.6. The number of carbonyl (C=O) groups is 1. The maximum atomic E-state index is 12.1. The fourth-order valence-electron chi connectivity index (χ4n) is 2.75. The number of amides is 1. The van der Waals surface area contributed by atoms with E-state index in [1.165, 1.54) is 0 Å². The lowest BCUT2D eigenvalue weighted by Gasteiger charge is -2.02. The van der Waals surface area contributed by atoms with Gasteiger partial charge in [-0.1, -0.05) is 53.2 Å². The first kappa shape index (κ1) is 19.3. The van der Waals surface area contributed by atoms with Crippen molar-refractivity contribution in [2.24, 2.45) is 0 Å². The van der Waals surface area contributed by atoms with Gasteiger partial charge in [0.25, 0.3) is 0 Å². The van der Waals surface area contributed by atoms with E-state index in [0.29, 0.717) is 16.7 Å². The Labute approximate surface area is 176 Å². The summed E-state index contributed by atoms with van der Waals surface area (Å²) in [7, 11) is 0. The van der Waals surface area contributed by atoms with Gasteiger partial charge in [0.15, 0.2) is 0 Å². The smallest absolute Gasteiger partial charge is 0.246 e. The van der Waals surface area contributed by atoms with Crippen LogP contribution in [-0.2, 0) is 17.8 Å². The molecule has 0 aliphatic rings. The highest BCUT2D eigenvalue weighted by Crippen LogP contribution is 2.24. The summed E-state index contributed by atoms with van der Waals surface area (Å²) in [4.78, 5) is 20.9. The van der Waals surface area contributed by atoms with Crippen molar-refractivity contribution < 1.29 is 9.32 Å². The standard InChI is InChI=1S/C21H17ClN4O2S/c1-13-24-18(12-29-13)15-4-6-16(7-5-15)21-25-20(28-26-21)11-23-19(27)10-14-2-8-17(22)9-3-14/h2-9,12H,10-11H2,1H3,(H,23,27). The lowest BCUT2D eigenvalue weighted by molar-refractivity contribution is -0.120. The van der Waals surface area contributed by atoms with Crippen molar-refractivity contribution in [2.75, 3.05) is 0 Å². The summed E-state index contributed by atoms with van der Waals surface area (Å²) >= 11 is 7.47. The largest absolute Gasteiger partial charge is 0.347 e. The predicted octanol–water partition coefficient (Wildman–Crippen LogP) is 4.68. The van der Waals surface area contributed by atoms with Gasteiger partial charge in [-0.2, -0.15) is 4.98 Å². The van der Waals surface area contributed by atoms with Crippen LogP contribution in [0.5, 0.6) is 0 Å². The predicted molar refractivity (Wildman–Crippen MR) is 113 cm³/mol. The van der Waals surface area contributed by atoms with Crippen LogP contribution in [0.25, 0.3) is 22.6 Å². The van der Waals surface area contributed by atoms with Crippen LogP contribution < -0.4 is 5.32 Å². The summed E-state index contributed by atoms with van der Waals surface area (Å²) in [6.45, 7) is 2.16. The summed E-state index contributed by atoms with van der Waals surface area (Å²) in [6.07, 6.45) is 0.260. The molecule has 0 radical (unpaired) electrons. The molecule has 0 unspecified atom stereocenters. The minimum atomic E-state index is -0.130. The lowest BCUT2D eigenvalue weighted by Crippen LogP contribution is -2.24. The number of nitrogens with one attached hydrogen (secondary N) is 1. The highest BCUT2D eigenvalue weighted by atomic mass is 35.5. The molecule has 1 amide bonds. The van der Waals surface area contributed by atoms with Crippen LogP contribution in [0.1, 0.15) is 16.5 Å². The van der Waals surface area contributed by atoms with Gasteiger partial charge in [0.05, 0.1) is 23.7 Å². The Bertz CT molecular complexity index is 1120. The van der Waals surface area contributed by atoms with E-state index in [1.807, 2.05) is 48.7 Å². The van der Waals surface area contributed by atoms with E-state index in [9.17, 15) is 4.79 Å². The molecule has 2 heterocycles. The second-order valence-corrected chi connectivity index (χ2v) is 7.92. The third-order valence-electron chi connectivity index (χ3n) is 4.24. The monoisotopic (exact) mass is 424 g/mol. The first-order chi connectivity index (χ1) is 14.1. The van der Waals surface area contributed by atoms with Crippen LogP contribution in [0.15, 0.2) is 58.4 Å². The molecular formula is C21H17ClN4O2S. The molecule has 4 aromatic rings. The van der Waals surface area contributed by atoms with E-state index in [2.05, 4.69) is 20.4 Å². The van der Waals surface area contributed by atoms with E-state index in [4.69, 9.17) is 16.1 Å². The third-order valence-corrected chi connectivity index (χ3v) is 5.27. The van der Waals surface area contributed by atoms with Gasteiger partial charge in [0.2, 0.25) is 17.6 Å². The summed E-state index contributed by atoms with van der Waals surface area (Å²) in [5.74, 6) is 0.701. The van der Waals surface area contributed by atoms with E-state index in [1.54, 1.807) is 23.5 Å². The summed E-state index contributed by atoms with van der Waals surface area (Å²) in [6, 6.07) is 15.0. The van der Waals surface area contributed by atoms with Gasteiger partial charge in [-0.25, -0.2) is 4.98 Å². The van der Waals surface area contributed by atoms with Crippen LogP contribution in [0.3, 0.4) is 0 Å². The molecule has 0 aliphatic carbocycles. The second kappa shape index (κ2) is 8.55. The van der Waals surface area contributed by atoms with E-state index in [-0.39, 0.29) is 18.9 Å². The summed E-state index contributed by atoms with van der Waals surface area (Å²) < 4.78 is 5.25. The molecule has 1 N–H and O–H groups in total. The normalized spacial score (nSPS) is 10.8. The molecular weight excluding hydrogens is 408 g/mol. The van der Waals surface area contributed by atoms with Crippen LogP contribution in [0, 0.1) is 6.92 Å². The quantitative estimate of drug-likeness (QED) is 0.486. The van der Waals surface area contributed by atoms with Gasteiger partial charge in [-0.05, 0) is 24.6 Å². The van der Waals surface area contributed by atoms with Crippen molar-refractivity contribution in [3.05, 3.63) is 75.4 Å². The molecule has 0 aliphatic heterocycles. The van der Waals surface area contributed by atoms with Crippen LogP contribution >= 0.6 is 22.9 Å². The van der Waals surface area contributed by atoms with Crippen LogP contribution in [0.4, 0.5) is 0 Å². The average Bonchev–Trinajstić information content (AvgIpc) is 3.38. The first-order valence-electron chi connectivity index (χ1n) is 8.93. The first-order valence-corrected chi connectivity index (χ1v) is 10.2. The fraction of sp³-hybridized carbons (Fsp3) is 0.143. The second-order valence-electron chi connectivity index (χ2n) is 6.42. The van der Waals surface area contributed by atoms with Gasteiger partial charge in [0, 0.05) is 21.5 Å². The molecule has 0 spiro atoms. The molecule has 8 heteroatoms. The summed E-state index contributed by atoms with van der Waals surface area (Å²) in [5.41, 5.74) is 3.71. The fourth-order valence-corrected chi connectivity index (χ4v) is 3.50. The highest BCUT2D eigenvalue weighted by molar-refractivity contribution is 7.09. The average molecular weight is 425 g/mol. The van der Waals surface area contributed by atoms with E-state index < -0.39 is 0 Å². The zero-order chi connectivity index (χ0) is 20.2. The van der Waals surface area contributed by atoms with Gasteiger partial charge in [-0.15, -0.1) is 11.3 Å². The number of carbonyl (C=O) groups excluding carboxylic acids is 1. The molecule has 4 rings (SSSR count). The molecule has 0 saturated heterocycles. The Hall–Kier alpha value is -3.03. The number of aryl methyl sites for hydroxylation is 1. The Morgan fingerprint density at radius 3 is 2.48 bits per heavy atom. The van der Waals surface area contributed by atoms with Crippen LogP contribution in [0.2, 0.25) is 5.02 Å². The van der Waals surface area contributed by atoms with Gasteiger partial charge >= 0.3 is 0 Å². The topological polar surface area (TPSA) is 80.9 Å². The number of benzene rings is 2. The molecule has 6 nitrogen and oxygen atoms in total. The maximum Gasteiger partial charge on any atom is 0.246 e. The number of hydrogen-bond acceptors (Lipinski definition) is 6. The molecule has 146 valence electrons. The van der Waals surface area contributed by atoms with Gasteiger partial charge < -0.3 is 9.84 Å². The minimum absolute atomic E-state index is 0.130. The summed E-state index contributed by atoms with van der Waals surface area (Å²) in [5, 5.41) is 10.5. The van der Waals surface area contributed by atoms with Gasteiger partial charge in [0.1, 0.15) is 0 Å². The number of halogens is 1. The molecule has 0 saturated carbocycles. The van der Waals surface area contributed by atoms with E-state index in [0.717, 1.165) is 27.4 Å². The Morgan fingerprint density at radius 2 is 1.79 bits per heavy atom. The lowest BCUT2D eigenvalue weighted by atomic mass is 10.1. The number of rotatable bonds is 6. The van der Waals surface area contributed by atoms with Crippen molar-refractivity contribution in [1.29, 1.82) is 0 Å². The molecule has 29 heavy (non-hydrogen) atoms. The number of hydrogen-bond donors (Lipinski definition) is 1. The molecule has 2 aromatic heterocycles. The Balaban J connectivity index is 1.35. The number of aromatic nitrogens is 3. The number of thiazole rings is 1. The molecule has 0 atom stereocenters. The van der Waals surface area contributed by atoms with Crippen molar-refractivity contribution in [3.8, 4) is 22.6 Å². The highest BCUT2D eigenvalue weighted by Gasteiger charge is 2.11. The minimum Gasteiger partial charge on any atom is -0.347 e. The number of nitrogens with zero attached hydrogens (tertiary/aromatic N) is 3. The van der Waals surface area contributed by atoms with Crippen LogP contribution in [-0.4, -0.2) is 21.0 Å². The molecule has 2 aromatic carbocycles. The molecule has 0 bridgehead atoms. The Morgan fingerprint density at radius 1 is 1.07 bits per heavy atom. The third kappa shape index (κ3) is 4.88. The molecule has 0 fully saturated rings. The zero-order valence-corrected chi connectivity index (χ0v) is 17.1. The van der Waals surface area contributed by atoms with Crippen molar-refractivity contribution >= 4 is 28.8 Å².